The van der Waals surface area contributed by atoms with Crippen LogP contribution in [-0.2, 0) is 6.42 Å². The van der Waals surface area contributed by atoms with E-state index in [4.69, 9.17) is 14.2 Å². The van der Waals surface area contributed by atoms with Gasteiger partial charge in [-0.1, -0.05) is 24.3 Å². The second-order valence-electron chi connectivity index (χ2n) is 7.31. The highest BCUT2D eigenvalue weighted by Crippen LogP contribution is 2.28. The number of imidazole rings is 1. The molecule has 0 bridgehead atoms. The zero-order valence-electron chi connectivity index (χ0n) is 18.6. The maximum absolute atomic E-state index is 12.6. The summed E-state index contributed by atoms with van der Waals surface area (Å²) in [5.74, 6) is 1.74. The smallest absolute Gasteiger partial charge is 0.251 e. The summed E-state index contributed by atoms with van der Waals surface area (Å²) in [6.45, 7) is 3.61. The number of benzene rings is 2. The average molecular weight is 446 g/mol. The molecule has 1 N–H and O–H groups in total. The van der Waals surface area contributed by atoms with E-state index in [1.54, 1.807) is 18.2 Å². The topological polar surface area (TPSA) is 74.1 Å². The number of rotatable bonds is 11. The van der Waals surface area contributed by atoms with Crippen molar-refractivity contribution < 1.29 is 19.0 Å². The number of carbonyl (C=O) groups is 1. The fourth-order valence-corrected chi connectivity index (χ4v) is 3.38. The Bertz CT molecular complexity index is 1160. The van der Waals surface area contributed by atoms with Gasteiger partial charge in [0.25, 0.3) is 5.91 Å². The monoisotopic (exact) mass is 445 g/mol. The van der Waals surface area contributed by atoms with Crippen molar-refractivity contribution in [2.45, 2.75) is 13.3 Å². The van der Waals surface area contributed by atoms with Gasteiger partial charge in [-0.3, -0.25) is 4.79 Å². The molecular weight excluding hydrogens is 418 g/mol. The van der Waals surface area contributed by atoms with Crippen molar-refractivity contribution in [1.29, 1.82) is 0 Å². The second-order valence-corrected chi connectivity index (χ2v) is 7.31. The molecule has 1 amide bonds. The molecule has 0 fully saturated rings. The van der Waals surface area contributed by atoms with Crippen LogP contribution in [0.2, 0.25) is 0 Å². The van der Waals surface area contributed by atoms with Gasteiger partial charge >= 0.3 is 0 Å². The van der Waals surface area contributed by atoms with Crippen LogP contribution < -0.4 is 19.5 Å². The predicted molar refractivity (Wildman–Crippen MR) is 126 cm³/mol. The minimum absolute atomic E-state index is 0.168. The number of hydrogen-bond acceptors (Lipinski definition) is 5. The summed E-state index contributed by atoms with van der Waals surface area (Å²) in [4.78, 5) is 17.2. The quantitative estimate of drug-likeness (QED) is 0.351. The lowest BCUT2D eigenvalue weighted by Crippen LogP contribution is -2.25. The molecule has 0 saturated heterocycles. The normalized spacial score (nSPS) is 10.7. The summed E-state index contributed by atoms with van der Waals surface area (Å²) in [6, 6.07) is 20.6. The molecule has 0 atom stereocenters. The van der Waals surface area contributed by atoms with Crippen LogP contribution >= 0.6 is 0 Å². The Morgan fingerprint density at radius 1 is 0.939 bits per heavy atom. The lowest BCUT2D eigenvalue weighted by atomic mass is 10.2. The van der Waals surface area contributed by atoms with Crippen molar-refractivity contribution in [2.24, 2.45) is 0 Å². The number of para-hydroxylation sites is 1. The van der Waals surface area contributed by atoms with E-state index < -0.39 is 0 Å². The van der Waals surface area contributed by atoms with Gasteiger partial charge in [-0.15, -0.1) is 0 Å². The maximum atomic E-state index is 12.6. The van der Waals surface area contributed by atoms with E-state index in [9.17, 15) is 4.79 Å². The van der Waals surface area contributed by atoms with Gasteiger partial charge in [0.1, 0.15) is 24.6 Å². The van der Waals surface area contributed by atoms with Crippen molar-refractivity contribution in [2.75, 3.05) is 26.4 Å². The predicted octanol–water partition coefficient (Wildman–Crippen LogP) is 4.16. The number of carbonyl (C=O) groups excluding carboxylic acids is 1. The fraction of sp³-hybridized carbons (Fsp3) is 0.231. The Labute approximate surface area is 192 Å². The van der Waals surface area contributed by atoms with Crippen molar-refractivity contribution in [3.05, 3.63) is 90.4 Å². The van der Waals surface area contributed by atoms with Crippen LogP contribution in [0.4, 0.5) is 0 Å². The maximum Gasteiger partial charge on any atom is 0.251 e. The van der Waals surface area contributed by atoms with Crippen molar-refractivity contribution in [3.63, 3.8) is 0 Å². The van der Waals surface area contributed by atoms with Crippen molar-refractivity contribution in [1.82, 2.24) is 14.7 Å². The summed E-state index contributed by atoms with van der Waals surface area (Å²) in [5, 5.41) is 2.95. The van der Waals surface area contributed by atoms with Gasteiger partial charge in [-0.05, 0) is 49.4 Å². The molecule has 170 valence electrons. The minimum atomic E-state index is -0.168. The number of fused-ring (bicyclic) bond motifs is 1. The van der Waals surface area contributed by atoms with Crippen LogP contribution in [0.15, 0.2) is 79.1 Å². The molecule has 0 aliphatic carbocycles. The molecule has 7 heteroatoms. The van der Waals surface area contributed by atoms with Gasteiger partial charge in [0, 0.05) is 30.9 Å². The SMILES string of the molecule is CCOc1cc(C(=O)NCCc2cn3ccccc3n2)ccc1OCCOc1ccccc1. The first-order valence-corrected chi connectivity index (χ1v) is 11.0. The van der Waals surface area contributed by atoms with Crippen LogP contribution in [0.3, 0.4) is 0 Å². The average Bonchev–Trinajstić information content (AvgIpc) is 3.26. The minimum Gasteiger partial charge on any atom is -0.490 e. The number of hydrogen-bond donors (Lipinski definition) is 1. The fourth-order valence-electron chi connectivity index (χ4n) is 3.38. The molecule has 2 aromatic heterocycles. The molecule has 0 unspecified atom stereocenters. The molecule has 7 nitrogen and oxygen atoms in total. The Morgan fingerprint density at radius 3 is 2.58 bits per heavy atom. The number of pyridine rings is 1. The summed E-state index contributed by atoms with van der Waals surface area (Å²) >= 11 is 0. The second kappa shape index (κ2) is 11.0. The van der Waals surface area contributed by atoms with Gasteiger partial charge in [0.2, 0.25) is 0 Å². The number of amides is 1. The Kier molecular flexibility index (Phi) is 7.43. The van der Waals surface area contributed by atoms with E-state index in [2.05, 4.69) is 10.3 Å². The standard InChI is InChI=1S/C26H27N3O4/c1-2-31-24-18-20(11-12-23(24)33-17-16-32-22-8-4-3-5-9-22)26(30)27-14-13-21-19-29-15-7-6-10-25(29)28-21/h3-12,15,18-19H,2,13-14,16-17H2,1H3,(H,27,30). The first-order valence-electron chi connectivity index (χ1n) is 11.0. The molecule has 2 heterocycles. The molecule has 4 rings (SSSR count). The molecule has 2 aromatic carbocycles. The first-order chi connectivity index (χ1) is 16.2. The number of ether oxygens (including phenoxy) is 3. The molecule has 0 aliphatic heterocycles. The summed E-state index contributed by atoms with van der Waals surface area (Å²) in [5.41, 5.74) is 2.34. The van der Waals surface area contributed by atoms with E-state index in [-0.39, 0.29) is 5.91 Å². The molecule has 0 radical (unpaired) electrons. The highest BCUT2D eigenvalue weighted by atomic mass is 16.5. The molecule has 0 spiro atoms. The highest BCUT2D eigenvalue weighted by Gasteiger charge is 2.12. The number of nitrogens with zero attached hydrogens (tertiary/aromatic N) is 2. The Hall–Kier alpha value is -4.00. The van der Waals surface area contributed by atoms with Gasteiger partial charge in [0.15, 0.2) is 11.5 Å². The van der Waals surface area contributed by atoms with E-state index in [1.165, 1.54) is 0 Å². The van der Waals surface area contributed by atoms with Gasteiger partial charge in [-0.2, -0.15) is 0 Å². The number of aromatic nitrogens is 2. The van der Waals surface area contributed by atoms with Crippen molar-refractivity contribution in [3.8, 4) is 17.2 Å². The van der Waals surface area contributed by atoms with E-state index in [0.717, 1.165) is 17.1 Å². The summed E-state index contributed by atoms with van der Waals surface area (Å²) in [7, 11) is 0. The molecule has 4 aromatic rings. The molecule has 33 heavy (non-hydrogen) atoms. The Morgan fingerprint density at radius 2 is 1.76 bits per heavy atom. The van der Waals surface area contributed by atoms with Crippen molar-refractivity contribution >= 4 is 11.6 Å². The summed E-state index contributed by atoms with van der Waals surface area (Å²) < 4.78 is 19.1. The molecular formula is C26H27N3O4. The third-order valence-electron chi connectivity index (χ3n) is 4.94. The highest BCUT2D eigenvalue weighted by molar-refractivity contribution is 5.94. The third-order valence-corrected chi connectivity index (χ3v) is 4.94. The summed E-state index contributed by atoms with van der Waals surface area (Å²) in [6.07, 6.45) is 4.58. The van der Waals surface area contributed by atoms with Crippen LogP contribution in [0.25, 0.3) is 5.65 Å². The van der Waals surface area contributed by atoms with Gasteiger partial charge in [0.05, 0.1) is 12.3 Å². The lowest BCUT2D eigenvalue weighted by Gasteiger charge is -2.14. The zero-order valence-corrected chi connectivity index (χ0v) is 18.6. The lowest BCUT2D eigenvalue weighted by molar-refractivity contribution is 0.0953. The van der Waals surface area contributed by atoms with E-state index in [0.29, 0.717) is 49.8 Å². The van der Waals surface area contributed by atoms with Crippen LogP contribution in [0.1, 0.15) is 23.0 Å². The van der Waals surface area contributed by atoms with Crippen LogP contribution in [0, 0.1) is 0 Å². The largest absolute Gasteiger partial charge is 0.490 e. The van der Waals surface area contributed by atoms with Gasteiger partial charge in [-0.25, -0.2) is 4.98 Å². The Balaban J connectivity index is 1.30. The zero-order chi connectivity index (χ0) is 22.9. The first kappa shape index (κ1) is 22.2. The van der Waals surface area contributed by atoms with Crippen LogP contribution in [0.5, 0.6) is 17.2 Å². The van der Waals surface area contributed by atoms with E-state index in [1.807, 2.05) is 72.2 Å². The van der Waals surface area contributed by atoms with Gasteiger partial charge < -0.3 is 23.9 Å². The molecule has 0 saturated carbocycles. The van der Waals surface area contributed by atoms with E-state index >= 15 is 0 Å². The van der Waals surface area contributed by atoms with Crippen LogP contribution in [-0.4, -0.2) is 41.7 Å². The number of nitrogens with one attached hydrogen (secondary N) is 1. The molecule has 0 aliphatic rings. The third kappa shape index (κ3) is 6.04.